The second-order valence-electron chi connectivity index (χ2n) is 1.60. The Bertz CT molecular complexity index is 276. The maximum atomic E-state index is 10.8. The summed E-state index contributed by atoms with van der Waals surface area (Å²) in [5.41, 5.74) is 1.94. The maximum Gasteiger partial charge on any atom is 0.283 e. The lowest BCUT2D eigenvalue weighted by Gasteiger charge is -1.94. The zero-order chi connectivity index (χ0) is 8.27. The first kappa shape index (κ1) is 5.37. The van der Waals surface area contributed by atoms with Crippen molar-refractivity contribution in [1.29, 1.82) is 0 Å². The topological polar surface area (TPSA) is 68.0 Å². The highest BCUT2D eigenvalue weighted by molar-refractivity contribution is 5.91. The normalized spacial score (nSPS) is 10.3. The average Bonchev–Trinajstić information content (AvgIpc) is 2.04. The van der Waals surface area contributed by atoms with Crippen molar-refractivity contribution in [2.45, 2.75) is 0 Å². The molecule has 0 aliphatic heterocycles. The van der Waals surface area contributed by atoms with Gasteiger partial charge in [0.25, 0.3) is 5.91 Å². The van der Waals surface area contributed by atoms with Crippen LogP contribution in [-0.4, -0.2) is 10.9 Å². The molecular formula is C6H7N3O. The van der Waals surface area contributed by atoms with E-state index < -0.39 is 5.91 Å². The molecule has 0 saturated carbocycles. The van der Waals surface area contributed by atoms with Gasteiger partial charge in [0.05, 0.1) is 1.37 Å². The minimum Gasteiger partial charge on any atom is -0.289 e. The first-order valence-electron chi connectivity index (χ1n) is 3.18. The van der Waals surface area contributed by atoms with Gasteiger partial charge in [-0.2, -0.15) is 0 Å². The minimum absolute atomic E-state index is 0.0370. The monoisotopic (exact) mass is 138 g/mol. The number of rotatable bonds is 1. The van der Waals surface area contributed by atoms with Gasteiger partial charge in [0.2, 0.25) is 0 Å². The van der Waals surface area contributed by atoms with Gasteiger partial charge >= 0.3 is 0 Å². The van der Waals surface area contributed by atoms with E-state index in [-0.39, 0.29) is 11.7 Å². The number of aromatic nitrogens is 1. The van der Waals surface area contributed by atoms with Crippen molar-refractivity contribution >= 4 is 5.91 Å². The number of amides is 1. The highest BCUT2D eigenvalue weighted by atomic mass is 16.2. The van der Waals surface area contributed by atoms with Crippen molar-refractivity contribution in [3.63, 3.8) is 0 Å². The van der Waals surface area contributed by atoms with Crippen LogP contribution in [0.5, 0.6) is 0 Å². The van der Waals surface area contributed by atoms with Crippen LogP contribution in [0.1, 0.15) is 11.9 Å². The fourth-order valence-corrected chi connectivity index (χ4v) is 0.517. The number of carbonyl (C=O) groups is 1. The van der Waals surface area contributed by atoms with Gasteiger partial charge in [-0.25, -0.2) is 5.84 Å². The van der Waals surface area contributed by atoms with Crippen molar-refractivity contribution in [1.82, 2.24) is 10.4 Å². The van der Waals surface area contributed by atoms with Crippen molar-refractivity contribution in [3.05, 3.63) is 30.1 Å². The Hall–Kier alpha value is -1.42. The van der Waals surface area contributed by atoms with Crippen LogP contribution in [0.2, 0.25) is 0 Å². The number of hydrazine groups is 1. The fraction of sp³-hybridized carbons (Fsp3) is 0. The summed E-state index contributed by atoms with van der Waals surface area (Å²) >= 11 is 0. The van der Waals surface area contributed by atoms with E-state index in [1.54, 1.807) is 6.07 Å². The summed E-state index contributed by atoms with van der Waals surface area (Å²) in [7, 11) is 0. The maximum absolute atomic E-state index is 10.8. The first-order chi connectivity index (χ1) is 5.25. The van der Waals surface area contributed by atoms with E-state index in [9.17, 15) is 4.79 Å². The standard InChI is InChI=1S/C6H7N3O/c7-9-6(10)5-3-1-2-4-8-5/h1-4H,7H2,(H,9,10)/i3D. The number of hydrogen-bond acceptors (Lipinski definition) is 3. The van der Waals surface area contributed by atoms with Crippen LogP contribution in [0.25, 0.3) is 0 Å². The highest BCUT2D eigenvalue weighted by Crippen LogP contribution is 1.90. The first-order valence-corrected chi connectivity index (χ1v) is 2.68. The molecule has 0 unspecified atom stereocenters. The number of nitrogens with zero attached hydrogens (tertiary/aromatic N) is 1. The molecule has 1 aromatic rings. The fourth-order valence-electron chi connectivity index (χ4n) is 0.517. The second kappa shape index (κ2) is 2.93. The van der Waals surface area contributed by atoms with Crippen LogP contribution in [0.3, 0.4) is 0 Å². The predicted octanol–water partition coefficient (Wildman–Crippen LogP) is -0.315. The SMILES string of the molecule is [2H]c1cccnc1C(=O)NN. The Morgan fingerprint density at radius 1 is 1.80 bits per heavy atom. The molecule has 0 aromatic carbocycles. The van der Waals surface area contributed by atoms with E-state index in [2.05, 4.69) is 4.98 Å². The Balaban J connectivity index is 3.03. The van der Waals surface area contributed by atoms with Crippen LogP contribution >= 0.6 is 0 Å². The largest absolute Gasteiger partial charge is 0.289 e. The van der Waals surface area contributed by atoms with Crippen molar-refractivity contribution in [2.75, 3.05) is 0 Å². The number of carbonyl (C=O) groups excluding carboxylic acids is 1. The molecule has 0 bridgehead atoms. The molecule has 0 spiro atoms. The predicted molar refractivity (Wildman–Crippen MR) is 35.9 cm³/mol. The third-order valence-electron chi connectivity index (χ3n) is 0.952. The Morgan fingerprint density at radius 2 is 2.60 bits per heavy atom. The number of nitrogens with two attached hydrogens (primary N) is 1. The zero-order valence-corrected chi connectivity index (χ0v) is 5.16. The van der Waals surface area contributed by atoms with Gasteiger partial charge in [-0.3, -0.25) is 15.2 Å². The summed E-state index contributed by atoms with van der Waals surface area (Å²) in [5, 5.41) is 0. The van der Waals surface area contributed by atoms with Gasteiger partial charge in [-0.15, -0.1) is 0 Å². The molecule has 1 amide bonds. The molecule has 4 heteroatoms. The molecule has 0 aliphatic rings. The molecule has 10 heavy (non-hydrogen) atoms. The van der Waals surface area contributed by atoms with Gasteiger partial charge in [-0.1, -0.05) is 6.07 Å². The summed E-state index contributed by atoms with van der Waals surface area (Å²) in [5.74, 6) is 4.30. The number of nitrogen functional groups attached to an aromatic ring is 1. The lowest BCUT2D eigenvalue weighted by Crippen LogP contribution is -2.30. The van der Waals surface area contributed by atoms with E-state index in [1.165, 1.54) is 12.3 Å². The molecule has 0 saturated heterocycles. The molecule has 0 atom stereocenters. The zero-order valence-electron chi connectivity index (χ0n) is 6.16. The molecule has 52 valence electrons. The van der Waals surface area contributed by atoms with E-state index in [0.717, 1.165) is 0 Å². The van der Waals surface area contributed by atoms with E-state index in [4.69, 9.17) is 7.21 Å². The number of hydrogen-bond donors (Lipinski definition) is 2. The van der Waals surface area contributed by atoms with E-state index in [0.29, 0.717) is 0 Å². The van der Waals surface area contributed by atoms with Crippen LogP contribution in [-0.2, 0) is 0 Å². The molecule has 1 heterocycles. The molecule has 0 fully saturated rings. The van der Waals surface area contributed by atoms with Crippen LogP contribution < -0.4 is 11.3 Å². The van der Waals surface area contributed by atoms with Crippen LogP contribution in [0.15, 0.2) is 24.4 Å². The van der Waals surface area contributed by atoms with Crippen LogP contribution in [0, 0.1) is 0 Å². The molecule has 0 aliphatic carbocycles. The van der Waals surface area contributed by atoms with E-state index in [1.807, 2.05) is 5.43 Å². The summed E-state index contributed by atoms with van der Waals surface area (Å²) < 4.78 is 7.23. The minimum atomic E-state index is -0.546. The average molecular weight is 138 g/mol. The Kier molecular flexibility index (Phi) is 1.57. The van der Waals surface area contributed by atoms with E-state index >= 15 is 0 Å². The molecule has 3 N–H and O–H groups in total. The molecule has 1 aromatic heterocycles. The van der Waals surface area contributed by atoms with Crippen molar-refractivity contribution in [2.24, 2.45) is 5.84 Å². The number of pyridine rings is 1. The third-order valence-corrected chi connectivity index (χ3v) is 0.952. The quantitative estimate of drug-likeness (QED) is 0.317. The third kappa shape index (κ3) is 1.29. The van der Waals surface area contributed by atoms with Gasteiger partial charge in [0.15, 0.2) is 0 Å². The van der Waals surface area contributed by atoms with Crippen molar-refractivity contribution < 1.29 is 6.17 Å². The second-order valence-corrected chi connectivity index (χ2v) is 1.60. The summed E-state index contributed by atoms with van der Waals surface area (Å²) in [4.78, 5) is 14.5. The Labute approximate surface area is 59.4 Å². The Morgan fingerprint density at radius 3 is 3.20 bits per heavy atom. The molecule has 0 radical (unpaired) electrons. The van der Waals surface area contributed by atoms with Gasteiger partial charge < -0.3 is 0 Å². The lowest BCUT2D eigenvalue weighted by molar-refractivity contribution is 0.0948. The lowest BCUT2D eigenvalue weighted by atomic mass is 10.3. The molecule has 1 rings (SSSR count). The number of nitrogens with one attached hydrogen (secondary N) is 1. The summed E-state index contributed by atoms with van der Waals surface area (Å²) in [6, 6.07) is 3.11. The smallest absolute Gasteiger partial charge is 0.283 e. The summed E-state index contributed by atoms with van der Waals surface area (Å²) in [6.07, 6.45) is 1.43. The van der Waals surface area contributed by atoms with Crippen LogP contribution in [0.4, 0.5) is 0 Å². The van der Waals surface area contributed by atoms with Crippen molar-refractivity contribution in [3.8, 4) is 0 Å². The van der Waals surface area contributed by atoms with Gasteiger partial charge in [0, 0.05) is 6.20 Å². The van der Waals surface area contributed by atoms with Gasteiger partial charge in [-0.05, 0) is 12.1 Å². The van der Waals surface area contributed by atoms with Gasteiger partial charge in [0.1, 0.15) is 5.69 Å². The molecule has 4 nitrogen and oxygen atoms in total. The molecular weight excluding hydrogens is 130 g/mol. The summed E-state index contributed by atoms with van der Waals surface area (Å²) in [6.45, 7) is 0. The highest BCUT2D eigenvalue weighted by Gasteiger charge is 2.00.